The highest BCUT2D eigenvalue weighted by Gasteiger charge is 2.22. The van der Waals surface area contributed by atoms with Crippen molar-refractivity contribution in [2.75, 3.05) is 38.1 Å². The Morgan fingerprint density at radius 2 is 2.10 bits per heavy atom. The zero-order chi connectivity index (χ0) is 15.4. The number of anilines is 1. The molecule has 0 aliphatic carbocycles. The van der Waals surface area contributed by atoms with Gasteiger partial charge in [-0.05, 0) is 44.1 Å². The summed E-state index contributed by atoms with van der Waals surface area (Å²) in [7, 11) is 2.20. The van der Waals surface area contributed by atoms with Crippen LogP contribution in [0.25, 0.3) is 0 Å². The Bertz CT molecular complexity index is 458. The average Bonchev–Trinajstić information content (AvgIpc) is 2.47. The van der Waals surface area contributed by atoms with Crippen molar-refractivity contribution in [1.29, 1.82) is 0 Å². The fraction of sp³-hybridized carbons (Fsp3) is 0.706. The van der Waals surface area contributed by atoms with Gasteiger partial charge in [-0.2, -0.15) is 0 Å². The van der Waals surface area contributed by atoms with E-state index in [1.54, 1.807) is 0 Å². The Balaban J connectivity index is 2.22. The molecule has 2 heterocycles. The molecule has 1 atom stereocenters. The van der Waals surface area contributed by atoms with Crippen molar-refractivity contribution in [1.82, 2.24) is 15.2 Å². The zero-order valence-corrected chi connectivity index (χ0v) is 14.2. The maximum atomic E-state index is 4.90. The molecule has 1 unspecified atom stereocenters. The van der Waals surface area contributed by atoms with E-state index < -0.39 is 0 Å². The smallest absolute Gasteiger partial charge is 0.129 e. The minimum Gasteiger partial charge on any atom is -0.354 e. The van der Waals surface area contributed by atoms with Crippen molar-refractivity contribution in [3.8, 4) is 0 Å². The highest BCUT2D eigenvalue weighted by atomic mass is 15.3. The van der Waals surface area contributed by atoms with Crippen LogP contribution in [0.3, 0.4) is 0 Å². The summed E-state index contributed by atoms with van der Waals surface area (Å²) in [6.07, 6.45) is 0. The van der Waals surface area contributed by atoms with Crippen molar-refractivity contribution in [2.45, 2.75) is 46.2 Å². The lowest BCUT2D eigenvalue weighted by Crippen LogP contribution is -2.50. The Morgan fingerprint density at radius 3 is 2.71 bits per heavy atom. The zero-order valence-electron chi connectivity index (χ0n) is 14.2. The van der Waals surface area contributed by atoms with E-state index in [2.05, 4.69) is 62.0 Å². The summed E-state index contributed by atoms with van der Waals surface area (Å²) in [6.45, 7) is 14.0. The fourth-order valence-electron chi connectivity index (χ4n) is 2.68. The van der Waals surface area contributed by atoms with E-state index >= 15 is 0 Å². The number of piperazine rings is 1. The van der Waals surface area contributed by atoms with Gasteiger partial charge in [-0.15, -0.1) is 0 Å². The van der Waals surface area contributed by atoms with Gasteiger partial charge in [0.1, 0.15) is 5.82 Å². The average molecular weight is 290 g/mol. The number of rotatable bonds is 5. The topological polar surface area (TPSA) is 31.4 Å². The summed E-state index contributed by atoms with van der Waals surface area (Å²) in [6, 6.07) is 5.09. The van der Waals surface area contributed by atoms with Crippen molar-refractivity contribution in [3.63, 3.8) is 0 Å². The van der Waals surface area contributed by atoms with E-state index in [0.29, 0.717) is 12.0 Å². The van der Waals surface area contributed by atoms with E-state index in [1.807, 2.05) is 0 Å². The molecule has 1 aromatic heterocycles. The maximum absolute atomic E-state index is 4.90. The monoisotopic (exact) mass is 290 g/mol. The number of pyridine rings is 1. The molecule has 2 rings (SSSR count). The molecule has 0 aromatic carbocycles. The predicted molar refractivity (Wildman–Crippen MR) is 90.0 cm³/mol. The molecule has 0 radical (unpaired) electrons. The molecule has 118 valence electrons. The first kappa shape index (κ1) is 16.2. The lowest BCUT2D eigenvalue weighted by molar-refractivity contribution is 0.233. The molecular formula is C17H30N4. The van der Waals surface area contributed by atoms with Crippen molar-refractivity contribution in [2.24, 2.45) is 0 Å². The number of hydrogen-bond acceptors (Lipinski definition) is 4. The van der Waals surface area contributed by atoms with E-state index in [0.717, 1.165) is 38.5 Å². The van der Waals surface area contributed by atoms with Gasteiger partial charge in [-0.25, -0.2) is 4.98 Å². The lowest BCUT2D eigenvalue weighted by atomic mass is 10.1. The van der Waals surface area contributed by atoms with Gasteiger partial charge >= 0.3 is 0 Å². The SMILES string of the molecule is CCNCc1cc(C(C)C)nc(N2CCN(C)C(C)C2)c1. The molecule has 4 heteroatoms. The molecule has 1 aliphatic rings. The van der Waals surface area contributed by atoms with Gasteiger partial charge in [-0.1, -0.05) is 20.8 Å². The van der Waals surface area contributed by atoms with Crippen LogP contribution in [0.1, 0.15) is 44.9 Å². The lowest BCUT2D eigenvalue weighted by Gasteiger charge is -2.38. The van der Waals surface area contributed by atoms with Crippen LogP contribution >= 0.6 is 0 Å². The van der Waals surface area contributed by atoms with Crippen molar-refractivity contribution < 1.29 is 0 Å². The number of likely N-dealkylation sites (N-methyl/N-ethyl adjacent to an activating group) is 1. The van der Waals surface area contributed by atoms with Crippen LogP contribution in [-0.4, -0.2) is 49.2 Å². The third kappa shape index (κ3) is 4.17. The Labute approximate surface area is 129 Å². The Hall–Kier alpha value is -1.13. The van der Waals surface area contributed by atoms with E-state index in [1.165, 1.54) is 11.3 Å². The summed E-state index contributed by atoms with van der Waals surface area (Å²) in [4.78, 5) is 9.76. The molecule has 1 fully saturated rings. The van der Waals surface area contributed by atoms with Gasteiger partial charge in [0.15, 0.2) is 0 Å². The molecule has 1 aromatic rings. The van der Waals surface area contributed by atoms with Gasteiger partial charge in [0.2, 0.25) is 0 Å². The highest BCUT2D eigenvalue weighted by molar-refractivity contribution is 5.44. The third-order valence-electron chi connectivity index (χ3n) is 4.35. The van der Waals surface area contributed by atoms with E-state index in [9.17, 15) is 0 Å². The molecule has 0 spiro atoms. The van der Waals surface area contributed by atoms with Crippen LogP contribution in [0.4, 0.5) is 5.82 Å². The molecule has 0 saturated carbocycles. The summed E-state index contributed by atoms with van der Waals surface area (Å²) < 4.78 is 0. The summed E-state index contributed by atoms with van der Waals surface area (Å²) in [5.74, 6) is 1.62. The summed E-state index contributed by atoms with van der Waals surface area (Å²) >= 11 is 0. The van der Waals surface area contributed by atoms with Gasteiger partial charge in [0.25, 0.3) is 0 Å². The molecule has 1 N–H and O–H groups in total. The Kier molecular flexibility index (Phi) is 5.59. The summed E-state index contributed by atoms with van der Waals surface area (Å²) in [5.41, 5.74) is 2.55. The summed E-state index contributed by atoms with van der Waals surface area (Å²) in [5, 5.41) is 3.42. The molecule has 21 heavy (non-hydrogen) atoms. The minimum atomic E-state index is 0.468. The number of hydrogen-bond donors (Lipinski definition) is 1. The second-order valence-corrected chi connectivity index (χ2v) is 6.47. The van der Waals surface area contributed by atoms with Gasteiger partial charge < -0.3 is 15.1 Å². The molecular weight excluding hydrogens is 260 g/mol. The highest BCUT2D eigenvalue weighted by Crippen LogP contribution is 2.22. The van der Waals surface area contributed by atoms with Crippen LogP contribution < -0.4 is 10.2 Å². The normalized spacial score (nSPS) is 20.3. The second kappa shape index (κ2) is 7.23. The second-order valence-electron chi connectivity index (χ2n) is 6.47. The van der Waals surface area contributed by atoms with Crippen molar-refractivity contribution in [3.05, 3.63) is 23.4 Å². The van der Waals surface area contributed by atoms with Crippen LogP contribution in [0.5, 0.6) is 0 Å². The predicted octanol–water partition coefficient (Wildman–Crippen LogP) is 2.45. The largest absolute Gasteiger partial charge is 0.354 e. The molecule has 1 saturated heterocycles. The Morgan fingerprint density at radius 1 is 1.33 bits per heavy atom. The molecule has 0 bridgehead atoms. The standard InChI is InChI=1S/C17H30N4/c1-6-18-11-15-9-16(13(2)3)19-17(10-15)21-8-7-20(5)14(4)12-21/h9-10,13-14,18H,6-8,11-12H2,1-5H3. The first-order valence-electron chi connectivity index (χ1n) is 8.18. The number of aromatic nitrogens is 1. The van der Waals surface area contributed by atoms with Crippen LogP contribution in [0, 0.1) is 0 Å². The first-order chi connectivity index (χ1) is 10.0. The third-order valence-corrected chi connectivity index (χ3v) is 4.35. The van der Waals surface area contributed by atoms with E-state index in [-0.39, 0.29) is 0 Å². The van der Waals surface area contributed by atoms with Gasteiger partial charge in [-0.3, -0.25) is 0 Å². The van der Waals surface area contributed by atoms with Gasteiger partial charge in [0, 0.05) is 37.9 Å². The number of nitrogens with one attached hydrogen (secondary N) is 1. The molecule has 4 nitrogen and oxygen atoms in total. The first-order valence-corrected chi connectivity index (χ1v) is 8.18. The van der Waals surface area contributed by atoms with Crippen molar-refractivity contribution >= 4 is 5.82 Å². The van der Waals surface area contributed by atoms with Crippen LogP contribution in [0.15, 0.2) is 12.1 Å². The minimum absolute atomic E-state index is 0.468. The van der Waals surface area contributed by atoms with Crippen LogP contribution in [-0.2, 0) is 6.54 Å². The molecule has 1 aliphatic heterocycles. The van der Waals surface area contributed by atoms with Gasteiger partial charge in [0.05, 0.1) is 0 Å². The van der Waals surface area contributed by atoms with Crippen LogP contribution in [0.2, 0.25) is 0 Å². The molecule has 0 amide bonds. The maximum Gasteiger partial charge on any atom is 0.129 e. The fourth-order valence-corrected chi connectivity index (χ4v) is 2.68. The van der Waals surface area contributed by atoms with E-state index in [4.69, 9.17) is 4.98 Å². The number of nitrogens with zero attached hydrogens (tertiary/aromatic N) is 3. The quantitative estimate of drug-likeness (QED) is 0.902.